The zero-order chi connectivity index (χ0) is 17.5. The van der Waals surface area contributed by atoms with Crippen LogP contribution >= 0.6 is 0 Å². The third-order valence-electron chi connectivity index (χ3n) is 5.62. The van der Waals surface area contributed by atoms with Crippen LogP contribution in [-0.2, 0) is 6.54 Å². The summed E-state index contributed by atoms with van der Waals surface area (Å²) >= 11 is 0. The van der Waals surface area contributed by atoms with E-state index in [2.05, 4.69) is 57.4 Å². The second-order valence-electron chi connectivity index (χ2n) is 7.28. The van der Waals surface area contributed by atoms with E-state index in [0.29, 0.717) is 18.0 Å². The highest BCUT2D eigenvalue weighted by atomic mass is 15.2. The molecule has 1 aromatic carbocycles. The van der Waals surface area contributed by atoms with Crippen molar-refractivity contribution >= 4 is 5.96 Å². The van der Waals surface area contributed by atoms with Crippen molar-refractivity contribution in [2.24, 2.45) is 10.7 Å². The van der Waals surface area contributed by atoms with Crippen LogP contribution in [0.5, 0.6) is 0 Å². The first-order valence-electron chi connectivity index (χ1n) is 9.82. The SMILES string of the molecule is CCN1CCCC1CN=C(N)NCC1CCCN1Cc1ccccc1. The summed E-state index contributed by atoms with van der Waals surface area (Å²) < 4.78 is 0. The number of nitrogens with one attached hydrogen (secondary N) is 1. The van der Waals surface area contributed by atoms with Crippen LogP contribution in [0.1, 0.15) is 38.2 Å². The number of guanidine groups is 1. The van der Waals surface area contributed by atoms with Crippen molar-refractivity contribution < 1.29 is 0 Å². The summed E-state index contributed by atoms with van der Waals surface area (Å²) in [5.74, 6) is 0.606. The van der Waals surface area contributed by atoms with Gasteiger partial charge in [-0.15, -0.1) is 0 Å². The van der Waals surface area contributed by atoms with Gasteiger partial charge in [0.25, 0.3) is 0 Å². The largest absolute Gasteiger partial charge is 0.370 e. The van der Waals surface area contributed by atoms with Crippen molar-refractivity contribution in [2.45, 2.75) is 51.2 Å². The summed E-state index contributed by atoms with van der Waals surface area (Å²) in [6.45, 7) is 8.47. The summed E-state index contributed by atoms with van der Waals surface area (Å²) in [5.41, 5.74) is 7.50. The van der Waals surface area contributed by atoms with Crippen LogP contribution in [0, 0.1) is 0 Å². The van der Waals surface area contributed by atoms with Gasteiger partial charge in [0.05, 0.1) is 6.54 Å². The Kier molecular flexibility index (Phi) is 6.70. The summed E-state index contributed by atoms with van der Waals surface area (Å²) in [6.07, 6.45) is 5.04. The second kappa shape index (κ2) is 9.20. The Labute approximate surface area is 152 Å². The van der Waals surface area contributed by atoms with Crippen LogP contribution in [0.3, 0.4) is 0 Å². The maximum atomic E-state index is 6.12. The Hall–Kier alpha value is -1.59. The van der Waals surface area contributed by atoms with Crippen LogP contribution in [0.2, 0.25) is 0 Å². The van der Waals surface area contributed by atoms with Crippen molar-refractivity contribution in [1.29, 1.82) is 0 Å². The number of nitrogens with zero attached hydrogens (tertiary/aromatic N) is 3. The Morgan fingerprint density at radius 3 is 2.60 bits per heavy atom. The van der Waals surface area contributed by atoms with Crippen LogP contribution in [0.25, 0.3) is 0 Å². The fourth-order valence-electron chi connectivity index (χ4n) is 4.15. The van der Waals surface area contributed by atoms with Gasteiger partial charge in [-0.05, 0) is 50.9 Å². The molecule has 0 spiro atoms. The number of hydrogen-bond acceptors (Lipinski definition) is 3. The van der Waals surface area contributed by atoms with Gasteiger partial charge in [0, 0.05) is 25.2 Å². The lowest BCUT2D eigenvalue weighted by Crippen LogP contribution is -2.43. The Morgan fingerprint density at radius 2 is 1.84 bits per heavy atom. The van der Waals surface area contributed by atoms with Crippen LogP contribution < -0.4 is 11.1 Å². The third kappa shape index (κ3) is 5.19. The maximum absolute atomic E-state index is 6.12. The molecule has 2 aliphatic heterocycles. The molecule has 0 amide bonds. The van der Waals surface area contributed by atoms with E-state index in [0.717, 1.165) is 26.2 Å². The minimum absolute atomic E-state index is 0.549. The predicted octanol–water partition coefficient (Wildman–Crippen LogP) is 2.04. The number of likely N-dealkylation sites (tertiary alicyclic amines) is 2. The van der Waals surface area contributed by atoms with E-state index in [1.807, 2.05) is 0 Å². The van der Waals surface area contributed by atoms with Gasteiger partial charge in [0.1, 0.15) is 0 Å². The molecule has 0 radical (unpaired) electrons. The molecular weight excluding hydrogens is 310 g/mol. The van der Waals surface area contributed by atoms with Gasteiger partial charge in [0.15, 0.2) is 5.96 Å². The summed E-state index contributed by atoms with van der Waals surface area (Å²) in [5, 5.41) is 3.36. The summed E-state index contributed by atoms with van der Waals surface area (Å²) in [6, 6.07) is 11.9. The quantitative estimate of drug-likeness (QED) is 0.588. The number of rotatable bonds is 7. The average Bonchev–Trinajstić information content (AvgIpc) is 3.28. The van der Waals surface area contributed by atoms with Crippen molar-refractivity contribution in [3.8, 4) is 0 Å². The molecule has 5 heteroatoms. The summed E-state index contributed by atoms with van der Waals surface area (Å²) in [7, 11) is 0. The van der Waals surface area contributed by atoms with E-state index in [-0.39, 0.29) is 0 Å². The molecule has 2 saturated heterocycles. The van der Waals surface area contributed by atoms with Gasteiger partial charge >= 0.3 is 0 Å². The molecule has 25 heavy (non-hydrogen) atoms. The smallest absolute Gasteiger partial charge is 0.188 e. The van der Waals surface area contributed by atoms with Crippen molar-refractivity contribution in [3.05, 3.63) is 35.9 Å². The first-order chi connectivity index (χ1) is 12.3. The second-order valence-corrected chi connectivity index (χ2v) is 7.28. The van der Waals surface area contributed by atoms with E-state index in [4.69, 9.17) is 5.73 Å². The van der Waals surface area contributed by atoms with E-state index in [1.165, 1.54) is 44.3 Å². The fraction of sp³-hybridized carbons (Fsp3) is 0.650. The zero-order valence-electron chi connectivity index (χ0n) is 15.5. The molecule has 2 fully saturated rings. The highest BCUT2D eigenvalue weighted by Gasteiger charge is 2.25. The number of benzene rings is 1. The third-order valence-corrected chi connectivity index (χ3v) is 5.62. The van der Waals surface area contributed by atoms with Crippen LogP contribution in [0.15, 0.2) is 35.3 Å². The molecule has 3 N–H and O–H groups in total. The first-order valence-corrected chi connectivity index (χ1v) is 9.82. The van der Waals surface area contributed by atoms with Crippen molar-refractivity contribution in [3.63, 3.8) is 0 Å². The zero-order valence-corrected chi connectivity index (χ0v) is 15.5. The maximum Gasteiger partial charge on any atom is 0.188 e. The fourth-order valence-corrected chi connectivity index (χ4v) is 4.15. The molecule has 0 aliphatic carbocycles. The molecule has 2 unspecified atom stereocenters. The number of nitrogens with two attached hydrogens (primary N) is 1. The molecule has 2 atom stereocenters. The van der Waals surface area contributed by atoms with Gasteiger partial charge in [-0.1, -0.05) is 37.3 Å². The highest BCUT2D eigenvalue weighted by Crippen LogP contribution is 2.19. The molecule has 138 valence electrons. The molecular formula is C20H33N5. The van der Waals surface area contributed by atoms with E-state index < -0.39 is 0 Å². The standard InChI is InChI=1S/C20H33N5/c1-2-24-12-6-10-18(24)14-22-20(21)23-15-19-11-7-13-25(19)16-17-8-4-3-5-9-17/h3-5,8-9,18-19H,2,6-7,10-16H2,1H3,(H3,21,22,23). The molecule has 3 rings (SSSR count). The van der Waals surface area contributed by atoms with Gasteiger partial charge < -0.3 is 11.1 Å². The van der Waals surface area contributed by atoms with Crippen LogP contribution in [0.4, 0.5) is 0 Å². The Morgan fingerprint density at radius 1 is 1.12 bits per heavy atom. The molecule has 2 aliphatic rings. The highest BCUT2D eigenvalue weighted by molar-refractivity contribution is 5.77. The van der Waals surface area contributed by atoms with Gasteiger partial charge in [-0.2, -0.15) is 0 Å². The van der Waals surface area contributed by atoms with E-state index in [1.54, 1.807) is 0 Å². The molecule has 0 bridgehead atoms. The minimum Gasteiger partial charge on any atom is -0.370 e. The lowest BCUT2D eigenvalue weighted by Gasteiger charge is -2.25. The normalized spacial score (nSPS) is 25.6. The number of likely N-dealkylation sites (N-methyl/N-ethyl adjacent to an activating group) is 1. The molecule has 0 aromatic heterocycles. The predicted molar refractivity (Wildman–Crippen MR) is 105 cm³/mol. The molecule has 1 aromatic rings. The Balaban J connectivity index is 1.44. The Bertz CT molecular complexity index is 544. The van der Waals surface area contributed by atoms with E-state index in [9.17, 15) is 0 Å². The van der Waals surface area contributed by atoms with Gasteiger partial charge in [-0.25, -0.2) is 0 Å². The first kappa shape index (κ1) is 18.2. The lowest BCUT2D eigenvalue weighted by molar-refractivity contribution is 0.245. The molecule has 0 saturated carbocycles. The lowest BCUT2D eigenvalue weighted by atomic mass is 10.2. The number of aliphatic imine (C=N–C) groups is 1. The van der Waals surface area contributed by atoms with E-state index >= 15 is 0 Å². The average molecular weight is 344 g/mol. The van der Waals surface area contributed by atoms with Gasteiger partial charge in [-0.3, -0.25) is 14.8 Å². The molecule has 5 nitrogen and oxygen atoms in total. The van der Waals surface area contributed by atoms with Crippen molar-refractivity contribution in [1.82, 2.24) is 15.1 Å². The summed E-state index contributed by atoms with van der Waals surface area (Å²) in [4.78, 5) is 9.67. The minimum atomic E-state index is 0.549. The topological polar surface area (TPSA) is 56.9 Å². The van der Waals surface area contributed by atoms with Crippen molar-refractivity contribution in [2.75, 3.05) is 32.7 Å². The monoisotopic (exact) mass is 343 g/mol. The van der Waals surface area contributed by atoms with Crippen LogP contribution in [-0.4, -0.2) is 60.6 Å². The number of hydrogen-bond donors (Lipinski definition) is 2. The molecule has 2 heterocycles. The van der Waals surface area contributed by atoms with Gasteiger partial charge in [0.2, 0.25) is 0 Å².